The fourth-order valence-electron chi connectivity index (χ4n) is 2.48. The second-order valence-corrected chi connectivity index (χ2v) is 5.98. The Kier molecular flexibility index (Phi) is 5.05. The Morgan fingerprint density at radius 1 is 1.50 bits per heavy atom. The molecule has 0 radical (unpaired) electrons. The van der Waals surface area contributed by atoms with Gasteiger partial charge >= 0.3 is 5.69 Å². The molecule has 1 aromatic rings. The van der Waals surface area contributed by atoms with E-state index >= 15 is 0 Å². The molecule has 1 aliphatic rings. The Morgan fingerprint density at radius 2 is 2.30 bits per heavy atom. The van der Waals surface area contributed by atoms with E-state index in [1.54, 1.807) is 0 Å². The predicted octanol–water partition coefficient (Wildman–Crippen LogP) is 3.08. The van der Waals surface area contributed by atoms with Crippen molar-refractivity contribution in [2.24, 2.45) is 0 Å². The molecule has 0 bridgehead atoms. The summed E-state index contributed by atoms with van der Waals surface area (Å²) in [6.07, 6.45) is 6.50. The van der Waals surface area contributed by atoms with Crippen LogP contribution in [0.5, 0.6) is 5.88 Å². The quantitative estimate of drug-likeness (QED) is 0.664. The average Bonchev–Trinajstić information content (AvgIpc) is 2.47. The van der Waals surface area contributed by atoms with Gasteiger partial charge in [0.2, 0.25) is 11.7 Å². The van der Waals surface area contributed by atoms with E-state index in [0.717, 1.165) is 19.3 Å². The Balaban J connectivity index is 2.16. The fourth-order valence-corrected chi connectivity index (χ4v) is 3.31. The van der Waals surface area contributed by atoms with Crippen LogP contribution in [0.25, 0.3) is 0 Å². The van der Waals surface area contributed by atoms with Crippen LogP contribution in [0.3, 0.4) is 0 Å². The minimum absolute atomic E-state index is 0.00271. The summed E-state index contributed by atoms with van der Waals surface area (Å²) in [4.78, 5) is 14.8. The van der Waals surface area contributed by atoms with Crippen molar-refractivity contribution in [1.82, 2.24) is 4.98 Å². The maximum Gasteiger partial charge on any atom is 0.311 e. The second-order valence-electron chi connectivity index (χ2n) is 4.84. The van der Waals surface area contributed by atoms with Gasteiger partial charge in [-0.15, -0.1) is 0 Å². The molecule has 110 valence electrons. The largest absolute Gasteiger partial charge is 0.481 e. The predicted molar refractivity (Wildman–Crippen MR) is 80.6 cm³/mol. The van der Waals surface area contributed by atoms with E-state index in [0.29, 0.717) is 16.9 Å². The Morgan fingerprint density at radius 3 is 2.95 bits per heavy atom. The first-order valence-electron chi connectivity index (χ1n) is 6.62. The van der Waals surface area contributed by atoms with Gasteiger partial charge in [-0.3, -0.25) is 10.1 Å². The number of ether oxygens (including phenoxy) is 1. The maximum absolute atomic E-state index is 11.1. The summed E-state index contributed by atoms with van der Waals surface area (Å²) in [6, 6.07) is 3.18. The molecule has 1 heterocycles. The van der Waals surface area contributed by atoms with Crippen molar-refractivity contribution in [3.63, 3.8) is 0 Å². The SMILES string of the molecule is COc1ccc([N+](=O)[O-])c(NC2CCCC(SC)C2)n1. The van der Waals surface area contributed by atoms with Crippen LogP contribution in [-0.4, -0.2) is 34.6 Å². The second kappa shape index (κ2) is 6.78. The molecule has 2 atom stereocenters. The number of nitrogens with zero attached hydrogens (tertiary/aromatic N) is 2. The molecule has 0 spiro atoms. The third-order valence-electron chi connectivity index (χ3n) is 3.55. The summed E-state index contributed by atoms with van der Waals surface area (Å²) in [5, 5.41) is 14.9. The van der Waals surface area contributed by atoms with E-state index in [9.17, 15) is 10.1 Å². The summed E-state index contributed by atoms with van der Waals surface area (Å²) in [7, 11) is 1.50. The molecular weight excluding hydrogens is 278 g/mol. The molecule has 7 heteroatoms. The molecule has 0 aromatic carbocycles. The number of pyridine rings is 1. The van der Waals surface area contributed by atoms with Gasteiger partial charge in [0.1, 0.15) is 0 Å². The number of anilines is 1. The van der Waals surface area contributed by atoms with Gasteiger partial charge in [-0.2, -0.15) is 16.7 Å². The number of hydrogen-bond acceptors (Lipinski definition) is 6. The molecule has 20 heavy (non-hydrogen) atoms. The first-order valence-corrected chi connectivity index (χ1v) is 7.91. The number of methoxy groups -OCH3 is 1. The molecule has 2 unspecified atom stereocenters. The highest BCUT2D eigenvalue weighted by molar-refractivity contribution is 7.99. The third kappa shape index (κ3) is 3.53. The minimum Gasteiger partial charge on any atom is -0.481 e. The summed E-state index contributed by atoms with van der Waals surface area (Å²) in [5.41, 5.74) is -0.00271. The van der Waals surface area contributed by atoms with Crippen LogP contribution in [0.1, 0.15) is 25.7 Å². The lowest BCUT2D eigenvalue weighted by Gasteiger charge is -2.28. The highest BCUT2D eigenvalue weighted by Crippen LogP contribution is 2.31. The van der Waals surface area contributed by atoms with Crippen molar-refractivity contribution < 1.29 is 9.66 Å². The highest BCUT2D eigenvalue weighted by atomic mass is 32.2. The van der Waals surface area contributed by atoms with E-state index in [2.05, 4.69) is 16.6 Å². The van der Waals surface area contributed by atoms with Crippen LogP contribution in [0.4, 0.5) is 11.5 Å². The first kappa shape index (κ1) is 14.9. The monoisotopic (exact) mass is 297 g/mol. The van der Waals surface area contributed by atoms with Gasteiger partial charge in [0, 0.05) is 23.4 Å². The van der Waals surface area contributed by atoms with Crippen molar-refractivity contribution in [3.05, 3.63) is 22.2 Å². The summed E-state index contributed by atoms with van der Waals surface area (Å²) in [5.74, 6) is 0.691. The summed E-state index contributed by atoms with van der Waals surface area (Å²) < 4.78 is 5.04. The molecule has 1 aromatic heterocycles. The zero-order valence-electron chi connectivity index (χ0n) is 11.7. The Labute approximate surface area is 122 Å². The minimum atomic E-state index is -0.413. The molecule has 0 amide bonds. The van der Waals surface area contributed by atoms with Gasteiger partial charge in [0.15, 0.2) is 0 Å². The van der Waals surface area contributed by atoms with Crippen LogP contribution in [-0.2, 0) is 0 Å². The number of rotatable bonds is 5. The van der Waals surface area contributed by atoms with Crippen molar-refractivity contribution in [2.45, 2.75) is 37.0 Å². The zero-order chi connectivity index (χ0) is 14.5. The molecule has 1 aliphatic carbocycles. The van der Waals surface area contributed by atoms with Crippen molar-refractivity contribution >= 4 is 23.3 Å². The Bertz CT molecular complexity index is 484. The van der Waals surface area contributed by atoms with Crippen LogP contribution in [0.15, 0.2) is 12.1 Å². The van der Waals surface area contributed by atoms with Gasteiger partial charge in [-0.1, -0.05) is 6.42 Å². The number of nitrogens with one attached hydrogen (secondary N) is 1. The van der Waals surface area contributed by atoms with Gasteiger partial charge < -0.3 is 10.1 Å². The average molecular weight is 297 g/mol. The van der Waals surface area contributed by atoms with Crippen LogP contribution in [0.2, 0.25) is 0 Å². The van der Waals surface area contributed by atoms with Gasteiger partial charge in [0.05, 0.1) is 12.0 Å². The number of aromatic nitrogens is 1. The normalized spacial score (nSPS) is 22.3. The van der Waals surface area contributed by atoms with Gasteiger partial charge in [-0.25, -0.2) is 0 Å². The van der Waals surface area contributed by atoms with E-state index in [4.69, 9.17) is 4.74 Å². The standard InChI is InChI=1S/C13H19N3O3S/c1-19-12-7-6-11(16(17)18)13(15-12)14-9-4-3-5-10(8-9)20-2/h6-7,9-10H,3-5,8H2,1-2H3,(H,14,15). The van der Waals surface area contributed by atoms with Crippen molar-refractivity contribution in [1.29, 1.82) is 0 Å². The molecule has 0 aliphatic heterocycles. The van der Waals surface area contributed by atoms with Gasteiger partial charge in [0.25, 0.3) is 0 Å². The topological polar surface area (TPSA) is 77.3 Å². The number of hydrogen-bond donors (Lipinski definition) is 1. The zero-order valence-corrected chi connectivity index (χ0v) is 12.5. The third-order valence-corrected chi connectivity index (χ3v) is 4.65. The molecule has 1 N–H and O–H groups in total. The van der Waals surface area contributed by atoms with Crippen molar-refractivity contribution in [3.8, 4) is 5.88 Å². The van der Waals surface area contributed by atoms with E-state index in [-0.39, 0.29) is 11.7 Å². The number of thioether (sulfide) groups is 1. The number of nitro groups is 1. The smallest absolute Gasteiger partial charge is 0.311 e. The highest BCUT2D eigenvalue weighted by Gasteiger charge is 2.24. The van der Waals surface area contributed by atoms with Crippen LogP contribution in [0, 0.1) is 10.1 Å². The molecule has 2 rings (SSSR count). The van der Waals surface area contributed by atoms with Crippen LogP contribution >= 0.6 is 11.8 Å². The molecule has 1 saturated carbocycles. The fraction of sp³-hybridized carbons (Fsp3) is 0.615. The van der Waals surface area contributed by atoms with E-state index in [1.165, 1.54) is 25.7 Å². The summed E-state index contributed by atoms with van der Waals surface area (Å²) >= 11 is 1.86. The van der Waals surface area contributed by atoms with Crippen LogP contribution < -0.4 is 10.1 Å². The lowest BCUT2D eigenvalue weighted by atomic mass is 9.95. The molecule has 1 fully saturated rings. The molecule has 6 nitrogen and oxygen atoms in total. The lowest BCUT2D eigenvalue weighted by Crippen LogP contribution is -2.29. The Hall–Kier alpha value is -1.50. The van der Waals surface area contributed by atoms with Gasteiger partial charge in [-0.05, 0) is 25.5 Å². The van der Waals surface area contributed by atoms with Crippen molar-refractivity contribution in [2.75, 3.05) is 18.7 Å². The summed E-state index contributed by atoms with van der Waals surface area (Å²) in [6.45, 7) is 0. The van der Waals surface area contributed by atoms with E-state index < -0.39 is 4.92 Å². The van der Waals surface area contributed by atoms with E-state index in [1.807, 2.05) is 11.8 Å². The molecular formula is C13H19N3O3S. The first-order chi connectivity index (χ1) is 9.63. The lowest BCUT2D eigenvalue weighted by molar-refractivity contribution is -0.384. The maximum atomic E-state index is 11.1. The molecule has 0 saturated heterocycles.